The van der Waals surface area contributed by atoms with Crippen molar-refractivity contribution in [3.05, 3.63) is 57.5 Å². The van der Waals surface area contributed by atoms with Gasteiger partial charge >= 0.3 is 6.18 Å². The van der Waals surface area contributed by atoms with Crippen molar-refractivity contribution in [1.29, 1.82) is 0 Å². The van der Waals surface area contributed by atoms with Gasteiger partial charge in [-0.25, -0.2) is 9.37 Å². The van der Waals surface area contributed by atoms with Gasteiger partial charge in [0, 0.05) is 43.3 Å². The SMILES string of the molecule is Fc1cccc(Cl)c1CN1CCN(c2ccc(C(F)(F)F)c(Cl)n2)CC1. The molecule has 1 fully saturated rings. The maximum atomic E-state index is 13.9. The lowest BCUT2D eigenvalue weighted by molar-refractivity contribution is -0.137. The molecular formula is C17H15Cl2F4N3. The third-order valence-corrected chi connectivity index (χ3v) is 4.92. The summed E-state index contributed by atoms with van der Waals surface area (Å²) in [6.45, 7) is 2.66. The van der Waals surface area contributed by atoms with E-state index in [2.05, 4.69) is 4.98 Å². The number of piperazine rings is 1. The van der Waals surface area contributed by atoms with E-state index in [1.165, 1.54) is 12.1 Å². The molecule has 0 N–H and O–H groups in total. The number of halogens is 6. The van der Waals surface area contributed by atoms with Crippen molar-refractivity contribution in [3.63, 3.8) is 0 Å². The highest BCUT2D eigenvalue weighted by atomic mass is 35.5. The molecular weight excluding hydrogens is 393 g/mol. The number of aromatic nitrogens is 1. The summed E-state index contributed by atoms with van der Waals surface area (Å²) < 4.78 is 52.2. The second-order valence-corrected chi connectivity index (χ2v) is 6.73. The fourth-order valence-electron chi connectivity index (χ4n) is 2.85. The Morgan fingerprint density at radius 2 is 1.69 bits per heavy atom. The van der Waals surface area contributed by atoms with Crippen LogP contribution in [0.4, 0.5) is 23.4 Å². The van der Waals surface area contributed by atoms with Crippen LogP contribution >= 0.6 is 23.2 Å². The first kappa shape index (κ1) is 19.2. The zero-order valence-corrected chi connectivity index (χ0v) is 15.0. The molecule has 0 bridgehead atoms. The van der Waals surface area contributed by atoms with E-state index < -0.39 is 16.9 Å². The second-order valence-electron chi connectivity index (χ2n) is 5.97. The van der Waals surface area contributed by atoms with Gasteiger partial charge in [0.2, 0.25) is 0 Å². The summed E-state index contributed by atoms with van der Waals surface area (Å²) in [5, 5.41) is -0.181. The number of hydrogen-bond acceptors (Lipinski definition) is 3. The third kappa shape index (κ3) is 4.22. The maximum absolute atomic E-state index is 13.9. The number of rotatable bonds is 3. The summed E-state index contributed by atoms with van der Waals surface area (Å²) in [5.74, 6) is 0.0442. The highest BCUT2D eigenvalue weighted by molar-refractivity contribution is 6.31. The Bertz CT molecular complexity index is 770. The first-order valence-electron chi connectivity index (χ1n) is 7.89. The van der Waals surface area contributed by atoms with Crippen molar-refractivity contribution in [2.24, 2.45) is 0 Å². The number of hydrogen-bond donors (Lipinski definition) is 0. The molecule has 0 unspecified atom stereocenters. The minimum atomic E-state index is -4.53. The molecule has 0 atom stereocenters. The van der Waals surface area contributed by atoms with Gasteiger partial charge in [-0.15, -0.1) is 0 Å². The summed E-state index contributed by atoms with van der Waals surface area (Å²) in [5.41, 5.74) is -0.505. The van der Waals surface area contributed by atoms with E-state index in [4.69, 9.17) is 23.2 Å². The van der Waals surface area contributed by atoms with E-state index in [0.29, 0.717) is 49.1 Å². The summed E-state index contributed by atoms with van der Waals surface area (Å²) in [4.78, 5) is 7.76. The number of benzene rings is 1. The fraction of sp³-hybridized carbons (Fsp3) is 0.353. The first-order valence-corrected chi connectivity index (χ1v) is 8.65. The van der Waals surface area contributed by atoms with E-state index in [0.717, 1.165) is 6.07 Å². The molecule has 1 saturated heterocycles. The van der Waals surface area contributed by atoms with Crippen LogP contribution in [-0.4, -0.2) is 36.1 Å². The van der Waals surface area contributed by atoms with Crippen LogP contribution in [0.5, 0.6) is 0 Å². The van der Waals surface area contributed by atoms with Crippen molar-refractivity contribution in [1.82, 2.24) is 9.88 Å². The Balaban J connectivity index is 1.65. The van der Waals surface area contributed by atoms with Gasteiger partial charge in [0.15, 0.2) is 0 Å². The van der Waals surface area contributed by atoms with Crippen LogP contribution in [0.25, 0.3) is 0 Å². The summed E-state index contributed by atoms with van der Waals surface area (Å²) in [7, 11) is 0. The van der Waals surface area contributed by atoms with E-state index in [1.807, 2.05) is 9.80 Å². The Morgan fingerprint density at radius 3 is 2.27 bits per heavy atom. The molecule has 0 saturated carbocycles. The van der Waals surface area contributed by atoms with Crippen molar-refractivity contribution < 1.29 is 17.6 Å². The van der Waals surface area contributed by atoms with E-state index in [9.17, 15) is 17.6 Å². The van der Waals surface area contributed by atoms with Crippen LogP contribution in [0.3, 0.4) is 0 Å². The van der Waals surface area contributed by atoms with Crippen molar-refractivity contribution in [2.75, 3.05) is 31.1 Å². The minimum Gasteiger partial charge on any atom is -0.354 e. The van der Waals surface area contributed by atoms with Crippen molar-refractivity contribution in [2.45, 2.75) is 12.7 Å². The summed E-state index contributed by atoms with van der Waals surface area (Å²) >= 11 is 11.7. The predicted octanol–water partition coefficient (Wildman–Crippen LogP) is 4.87. The monoisotopic (exact) mass is 407 g/mol. The lowest BCUT2D eigenvalue weighted by Gasteiger charge is -2.35. The normalized spacial score (nSPS) is 16.2. The average molecular weight is 408 g/mol. The van der Waals surface area contributed by atoms with Crippen LogP contribution in [0.1, 0.15) is 11.1 Å². The lowest BCUT2D eigenvalue weighted by Crippen LogP contribution is -2.46. The molecule has 1 aliphatic heterocycles. The predicted molar refractivity (Wildman–Crippen MR) is 93.1 cm³/mol. The van der Waals surface area contributed by atoms with Gasteiger partial charge < -0.3 is 4.90 Å². The topological polar surface area (TPSA) is 19.4 Å². The smallest absolute Gasteiger partial charge is 0.354 e. The van der Waals surface area contributed by atoms with Gasteiger partial charge in [0.1, 0.15) is 16.8 Å². The molecule has 1 aromatic heterocycles. The molecule has 0 aliphatic carbocycles. The Morgan fingerprint density at radius 1 is 1.00 bits per heavy atom. The number of nitrogens with zero attached hydrogens (tertiary/aromatic N) is 3. The molecule has 2 aromatic rings. The fourth-order valence-corrected chi connectivity index (χ4v) is 3.33. The molecule has 140 valence electrons. The highest BCUT2D eigenvalue weighted by Gasteiger charge is 2.34. The maximum Gasteiger partial charge on any atom is 0.419 e. The number of alkyl halides is 3. The molecule has 0 spiro atoms. The number of pyridine rings is 1. The van der Waals surface area contributed by atoms with Gasteiger partial charge in [0.25, 0.3) is 0 Å². The zero-order chi connectivity index (χ0) is 18.9. The van der Waals surface area contributed by atoms with E-state index >= 15 is 0 Å². The second kappa shape index (κ2) is 7.58. The van der Waals surface area contributed by atoms with Gasteiger partial charge in [-0.05, 0) is 24.3 Å². The molecule has 0 radical (unpaired) electrons. The van der Waals surface area contributed by atoms with Crippen LogP contribution in [-0.2, 0) is 12.7 Å². The Kier molecular flexibility index (Phi) is 5.60. The van der Waals surface area contributed by atoms with Gasteiger partial charge in [-0.2, -0.15) is 13.2 Å². The quantitative estimate of drug-likeness (QED) is 0.534. The summed E-state index contributed by atoms with van der Waals surface area (Å²) in [6, 6.07) is 6.82. The third-order valence-electron chi connectivity index (χ3n) is 4.28. The van der Waals surface area contributed by atoms with E-state index in [-0.39, 0.29) is 5.82 Å². The number of anilines is 1. The van der Waals surface area contributed by atoms with Gasteiger partial charge in [-0.1, -0.05) is 29.3 Å². The van der Waals surface area contributed by atoms with Crippen LogP contribution in [0.2, 0.25) is 10.2 Å². The van der Waals surface area contributed by atoms with E-state index in [1.54, 1.807) is 12.1 Å². The van der Waals surface area contributed by atoms with Crippen LogP contribution < -0.4 is 4.90 Å². The average Bonchev–Trinajstić information content (AvgIpc) is 2.58. The lowest BCUT2D eigenvalue weighted by atomic mass is 10.2. The highest BCUT2D eigenvalue weighted by Crippen LogP contribution is 2.34. The minimum absolute atomic E-state index is 0.351. The molecule has 9 heteroatoms. The van der Waals surface area contributed by atoms with Gasteiger partial charge in [0.05, 0.1) is 5.56 Å². The molecule has 2 heterocycles. The van der Waals surface area contributed by atoms with Crippen LogP contribution in [0, 0.1) is 5.82 Å². The van der Waals surface area contributed by atoms with Crippen molar-refractivity contribution >= 4 is 29.0 Å². The Labute approximate surface area is 158 Å². The van der Waals surface area contributed by atoms with Gasteiger partial charge in [-0.3, -0.25) is 4.90 Å². The van der Waals surface area contributed by atoms with Crippen LogP contribution in [0.15, 0.2) is 30.3 Å². The molecule has 0 amide bonds. The van der Waals surface area contributed by atoms with Crippen molar-refractivity contribution in [3.8, 4) is 0 Å². The largest absolute Gasteiger partial charge is 0.419 e. The molecule has 3 rings (SSSR count). The Hall–Kier alpha value is -1.57. The standard InChI is InChI=1S/C17H15Cl2F4N3/c18-13-2-1-3-14(20)11(13)10-25-6-8-26(9-7-25)15-5-4-12(16(19)24-15)17(21,22)23/h1-5H,6-10H2. The summed E-state index contributed by atoms with van der Waals surface area (Å²) in [6.07, 6.45) is -4.53. The first-order chi connectivity index (χ1) is 12.3. The molecule has 3 nitrogen and oxygen atoms in total. The molecule has 1 aromatic carbocycles. The zero-order valence-electron chi connectivity index (χ0n) is 13.5. The molecule has 26 heavy (non-hydrogen) atoms. The molecule has 1 aliphatic rings.